The number of nitrogens with one attached hydrogen (secondary N) is 1. The summed E-state index contributed by atoms with van der Waals surface area (Å²) in [5.41, 5.74) is 0.999. The van der Waals surface area contributed by atoms with Gasteiger partial charge in [0.1, 0.15) is 5.60 Å². The van der Waals surface area contributed by atoms with Crippen LogP contribution in [0, 0.1) is 0 Å². The van der Waals surface area contributed by atoms with E-state index in [9.17, 15) is 14.4 Å². The van der Waals surface area contributed by atoms with E-state index in [0.717, 1.165) is 30.5 Å². The van der Waals surface area contributed by atoms with Crippen LogP contribution < -0.4 is 5.32 Å². The minimum absolute atomic E-state index is 0. The summed E-state index contributed by atoms with van der Waals surface area (Å²) >= 11 is 0. The number of phosphoric acid groups is 1. The Morgan fingerprint density at radius 1 is 1.00 bits per heavy atom. The van der Waals surface area contributed by atoms with Crippen LogP contribution in [0.2, 0.25) is 0 Å². The molecule has 0 saturated carbocycles. The zero-order valence-electron chi connectivity index (χ0n) is 14.5. The first-order valence-corrected chi connectivity index (χ1v) is 10.1. The Balaban J connectivity index is 0.00000243. The first-order valence-electron chi connectivity index (χ1n) is 8.54. The third kappa shape index (κ3) is 5.65. The number of benzene rings is 2. The van der Waals surface area contributed by atoms with Gasteiger partial charge in [-0.25, -0.2) is 4.57 Å². The lowest BCUT2D eigenvalue weighted by molar-refractivity contribution is 0.00602. The smallest absolute Gasteiger partial charge is 0.311 e. The molecule has 0 bridgehead atoms. The van der Waals surface area contributed by atoms with Crippen molar-refractivity contribution in [1.29, 1.82) is 0 Å². The van der Waals surface area contributed by atoms with Gasteiger partial charge in [0.05, 0.1) is 0 Å². The van der Waals surface area contributed by atoms with Crippen LogP contribution in [-0.4, -0.2) is 28.0 Å². The molecule has 0 spiro atoms. The molecule has 2 aromatic carbocycles. The van der Waals surface area contributed by atoms with E-state index in [1.807, 2.05) is 60.7 Å². The largest absolute Gasteiger partial charge is 0.470 e. The zero-order valence-corrected chi connectivity index (χ0v) is 16.2. The van der Waals surface area contributed by atoms with Gasteiger partial charge in [0.15, 0.2) is 0 Å². The average molecular weight is 398 g/mol. The van der Waals surface area contributed by atoms with E-state index in [1.165, 1.54) is 0 Å². The van der Waals surface area contributed by atoms with Crippen molar-refractivity contribution < 1.29 is 18.9 Å². The fourth-order valence-electron chi connectivity index (χ4n) is 3.69. The molecular formula is C19H25ClNO4P. The van der Waals surface area contributed by atoms with Crippen molar-refractivity contribution in [3.63, 3.8) is 0 Å². The number of rotatable bonds is 7. The number of phosphoric ester groups is 1. The maximum absolute atomic E-state index is 11.8. The van der Waals surface area contributed by atoms with E-state index in [1.54, 1.807) is 0 Å². The van der Waals surface area contributed by atoms with Crippen LogP contribution in [0.4, 0.5) is 0 Å². The zero-order chi connectivity index (χ0) is 17.8. The number of hydrogen-bond donors (Lipinski definition) is 3. The number of halogens is 1. The molecule has 0 radical (unpaired) electrons. The van der Waals surface area contributed by atoms with Gasteiger partial charge in [-0.05, 0) is 30.5 Å². The van der Waals surface area contributed by atoms with Gasteiger partial charge in [-0.2, -0.15) is 0 Å². The van der Waals surface area contributed by atoms with Gasteiger partial charge in [0.25, 0.3) is 0 Å². The van der Waals surface area contributed by atoms with Crippen molar-refractivity contribution in [3.05, 3.63) is 71.8 Å². The molecule has 1 aliphatic rings. The van der Waals surface area contributed by atoms with Gasteiger partial charge < -0.3 is 15.1 Å². The third-order valence-electron chi connectivity index (χ3n) is 4.69. The molecule has 1 fully saturated rings. The fraction of sp³-hybridized carbons (Fsp3) is 0.368. The minimum atomic E-state index is -4.65. The highest BCUT2D eigenvalue weighted by Gasteiger charge is 2.46. The highest BCUT2D eigenvalue weighted by atomic mass is 35.5. The van der Waals surface area contributed by atoms with E-state index in [-0.39, 0.29) is 18.4 Å². The fourth-order valence-corrected chi connectivity index (χ4v) is 4.42. The standard InChI is InChI=1S/C19H24NO4P.ClH/c21-25(22,23)24-19(18-12-7-13-20-18,14-16-8-3-1-4-9-16)15-17-10-5-2-6-11-17;/h1-6,8-11,18,20H,7,12-15H2,(H2,21,22,23);1H. The van der Waals surface area contributed by atoms with Gasteiger partial charge in [-0.15, -0.1) is 12.4 Å². The molecule has 7 heteroatoms. The summed E-state index contributed by atoms with van der Waals surface area (Å²) in [4.78, 5) is 19.3. The summed E-state index contributed by atoms with van der Waals surface area (Å²) < 4.78 is 17.3. The molecule has 0 amide bonds. The van der Waals surface area contributed by atoms with Crippen molar-refractivity contribution in [2.75, 3.05) is 6.54 Å². The monoisotopic (exact) mass is 397 g/mol. The third-order valence-corrected chi connectivity index (χ3v) is 5.29. The van der Waals surface area contributed by atoms with E-state index < -0.39 is 13.4 Å². The Kier molecular flexibility index (Phi) is 7.42. The Morgan fingerprint density at radius 3 is 1.88 bits per heavy atom. The molecule has 1 atom stereocenters. The number of hydrogen-bond acceptors (Lipinski definition) is 3. The summed E-state index contributed by atoms with van der Waals surface area (Å²) in [6, 6.07) is 19.4. The molecule has 1 saturated heterocycles. The second-order valence-corrected chi connectivity index (χ2v) is 7.78. The summed E-state index contributed by atoms with van der Waals surface area (Å²) in [6.07, 6.45) is 2.68. The Labute approximate surface area is 160 Å². The molecule has 2 aromatic rings. The Hall–Kier alpha value is -1.20. The molecule has 26 heavy (non-hydrogen) atoms. The van der Waals surface area contributed by atoms with Crippen molar-refractivity contribution in [3.8, 4) is 0 Å². The van der Waals surface area contributed by atoms with Gasteiger partial charge >= 0.3 is 7.82 Å². The highest BCUT2D eigenvalue weighted by molar-refractivity contribution is 7.46. The van der Waals surface area contributed by atoms with Crippen LogP contribution in [0.3, 0.4) is 0 Å². The SMILES string of the molecule is Cl.O=P(O)(O)OC(Cc1ccccc1)(Cc1ccccc1)C1CCCN1. The van der Waals surface area contributed by atoms with Crippen molar-refractivity contribution in [1.82, 2.24) is 5.32 Å². The van der Waals surface area contributed by atoms with Crippen LogP contribution in [-0.2, 0) is 21.9 Å². The normalized spacial score (nSPS) is 17.7. The summed E-state index contributed by atoms with van der Waals surface area (Å²) in [5, 5.41) is 3.39. The molecular weight excluding hydrogens is 373 g/mol. The molecule has 1 heterocycles. The summed E-state index contributed by atoms with van der Waals surface area (Å²) in [6.45, 7) is 0.834. The van der Waals surface area contributed by atoms with Crippen LogP contribution >= 0.6 is 20.2 Å². The second kappa shape index (κ2) is 9.14. The lowest BCUT2D eigenvalue weighted by Gasteiger charge is -2.39. The molecule has 0 aliphatic carbocycles. The van der Waals surface area contributed by atoms with E-state index in [0.29, 0.717) is 12.8 Å². The molecule has 0 aromatic heterocycles. The van der Waals surface area contributed by atoms with Gasteiger partial charge in [-0.3, -0.25) is 4.52 Å². The Bertz CT molecular complexity index is 675. The van der Waals surface area contributed by atoms with E-state index in [2.05, 4.69) is 5.32 Å². The maximum atomic E-state index is 11.8. The molecule has 3 rings (SSSR count). The van der Waals surface area contributed by atoms with Crippen molar-refractivity contribution >= 4 is 20.2 Å². The first-order chi connectivity index (χ1) is 12.0. The summed E-state index contributed by atoms with van der Waals surface area (Å²) in [5.74, 6) is 0. The van der Waals surface area contributed by atoms with Crippen LogP contribution in [0.25, 0.3) is 0 Å². The highest BCUT2D eigenvalue weighted by Crippen LogP contribution is 2.46. The lowest BCUT2D eigenvalue weighted by Crippen LogP contribution is -2.52. The molecule has 5 nitrogen and oxygen atoms in total. The minimum Gasteiger partial charge on any atom is -0.311 e. The predicted octanol–water partition coefficient (Wildman–Crippen LogP) is 3.49. The van der Waals surface area contributed by atoms with E-state index >= 15 is 0 Å². The first kappa shape index (κ1) is 21.1. The quantitative estimate of drug-likeness (QED) is 0.623. The van der Waals surface area contributed by atoms with Gasteiger partial charge in [0, 0.05) is 18.9 Å². The van der Waals surface area contributed by atoms with Crippen LogP contribution in [0.5, 0.6) is 0 Å². The summed E-state index contributed by atoms with van der Waals surface area (Å²) in [7, 11) is -4.65. The second-order valence-electron chi connectivity index (χ2n) is 6.62. The maximum Gasteiger partial charge on any atom is 0.470 e. The van der Waals surface area contributed by atoms with Gasteiger partial charge in [0.2, 0.25) is 0 Å². The molecule has 1 aliphatic heterocycles. The molecule has 1 unspecified atom stereocenters. The average Bonchev–Trinajstić information content (AvgIpc) is 3.10. The van der Waals surface area contributed by atoms with Gasteiger partial charge in [-0.1, -0.05) is 60.7 Å². The van der Waals surface area contributed by atoms with Crippen molar-refractivity contribution in [2.24, 2.45) is 0 Å². The topological polar surface area (TPSA) is 78.8 Å². The van der Waals surface area contributed by atoms with Crippen LogP contribution in [0.15, 0.2) is 60.7 Å². The van der Waals surface area contributed by atoms with E-state index in [4.69, 9.17) is 4.52 Å². The molecule has 3 N–H and O–H groups in total. The van der Waals surface area contributed by atoms with Crippen molar-refractivity contribution in [2.45, 2.75) is 37.3 Å². The Morgan fingerprint density at radius 2 is 1.50 bits per heavy atom. The predicted molar refractivity (Wildman–Crippen MR) is 104 cm³/mol. The lowest BCUT2D eigenvalue weighted by atomic mass is 9.81. The molecule has 142 valence electrons. The van der Waals surface area contributed by atoms with Crippen LogP contribution in [0.1, 0.15) is 24.0 Å².